The van der Waals surface area contributed by atoms with Crippen LogP contribution >= 0.6 is 11.3 Å². The number of thiazole rings is 1. The van der Waals surface area contributed by atoms with Gasteiger partial charge in [0, 0.05) is 23.5 Å². The summed E-state index contributed by atoms with van der Waals surface area (Å²) >= 11 is 1.73. The zero-order valence-corrected chi connectivity index (χ0v) is 11.4. The van der Waals surface area contributed by atoms with E-state index in [1.54, 1.807) is 11.3 Å². The Morgan fingerprint density at radius 3 is 2.94 bits per heavy atom. The van der Waals surface area contributed by atoms with Crippen LogP contribution in [0.25, 0.3) is 0 Å². The van der Waals surface area contributed by atoms with Crippen molar-refractivity contribution in [2.24, 2.45) is 5.73 Å². The SMILES string of the molecule is Cc1csc(CC(N)C2=CCCCCCC2)n1. The number of nitrogens with zero attached hydrogens (tertiary/aromatic N) is 1. The average molecular weight is 250 g/mol. The fourth-order valence-corrected chi connectivity index (χ4v) is 3.20. The molecule has 2 nitrogen and oxygen atoms in total. The van der Waals surface area contributed by atoms with Gasteiger partial charge < -0.3 is 5.73 Å². The number of aryl methyl sites for hydroxylation is 1. The lowest BCUT2D eigenvalue weighted by Gasteiger charge is -2.17. The molecule has 1 aliphatic rings. The van der Waals surface area contributed by atoms with E-state index < -0.39 is 0 Å². The van der Waals surface area contributed by atoms with E-state index in [0.29, 0.717) is 0 Å². The summed E-state index contributed by atoms with van der Waals surface area (Å²) in [6, 6.07) is 0.179. The molecule has 0 aliphatic heterocycles. The molecule has 2 N–H and O–H groups in total. The standard InChI is InChI=1S/C14H22N2S/c1-11-10-17-14(16-11)9-13(15)12-7-5-3-2-4-6-8-12/h7,10,13H,2-6,8-9,15H2,1H3. The second kappa shape index (κ2) is 6.31. The quantitative estimate of drug-likeness (QED) is 0.832. The topological polar surface area (TPSA) is 38.9 Å². The van der Waals surface area contributed by atoms with Gasteiger partial charge in [-0.1, -0.05) is 24.5 Å². The summed E-state index contributed by atoms with van der Waals surface area (Å²) in [6.07, 6.45) is 11.0. The van der Waals surface area contributed by atoms with Crippen LogP contribution in [0.3, 0.4) is 0 Å². The Morgan fingerprint density at radius 2 is 2.18 bits per heavy atom. The number of hydrogen-bond acceptors (Lipinski definition) is 3. The zero-order valence-electron chi connectivity index (χ0n) is 10.6. The normalized spacial score (nSPS) is 19.3. The maximum Gasteiger partial charge on any atom is 0.0946 e. The van der Waals surface area contributed by atoms with Crippen LogP contribution in [0.1, 0.15) is 49.2 Å². The molecule has 94 valence electrons. The first-order valence-electron chi connectivity index (χ1n) is 6.61. The van der Waals surface area contributed by atoms with E-state index in [-0.39, 0.29) is 6.04 Å². The van der Waals surface area contributed by atoms with Gasteiger partial charge in [-0.15, -0.1) is 11.3 Å². The predicted octanol–water partition coefficient (Wildman–Crippen LogP) is 3.60. The van der Waals surface area contributed by atoms with Gasteiger partial charge in [-0.25, -0.2) is 4.98 Å². The van der Waals surface area contributed by atoms with E-state index in [4.69, 9.17) is 5.73 Å². The van der Waals surface area contributed by atoms with Crippen molar-refractivity contribution in [3.8, 4) is 0 Å². The summed E-state index contributed by atoms with van der Waals surface area (Å²) in [7, 11) is 0. The van der Waals surface area contributed by atoms with Crippen LogP contribution in [0.5, 0.6) is 0 Å². The molecule has 1 unspecified atom stereocenters. The molecule has 0 saturated heterocycles. The van der Waals surface area contributed by atoms with Crippen molar-refractivity contribution < 1.29 is 0 Å². The van der Waals surface area contributed by atoms with Gasteiger partial charge in [0.15, 0.2) is 0 Å². The van der Waals surface area contributed by atoms with Gasteiger partial charge in [0.2, 0.25) is 0 Å². The molecule has 1 aliphatic carbocycles. The minimum atomic E-state index is 0.179. The molecule has 3 heteroatoms. The summed E-state index contributed by atoms with van der Waals surface area (Å²) < 4.78 is 0. The summed E-state index contributed by atoms with van der Waals surface area (Å²) in [5.74, 6) is 0. The molecule has 0 spiro atoms. The molecule has 1 aromatic heterocycles. The van der Waals surface area contributed by atoms with Crippen molar-refractivity contribution in [2.75, 3.05) is 0 Å². The Labute approximate surface area is 108 Å². The van der Waals surface area contributed by atoms with Crippen molar-refractivity contribution in [2.45, 2.75) is 57.9 Å². The highest BCUT2D eigenvalue weighted by atomic mass is 32.1. The monoisotopic (exact) mass is 250 g/mol. The number of allylic oxidation sites excluding steroid dienone is 1. The van der Waals surface area contributed by atoms with Crippen LogP contribution in [0.4, 0.5) is 0 Å². The van der Waals surface area contributed by atoms with Crippen molar-refractivity contribution in [1.29, 1.82) is 0 Å². The van der Waals surface area contributed by atoms with Gasteiger partial charge in [-0.2, -0.15) is 0 Å². The van der Waals surface area contributed by atoms with Gasteiger partial charge in [0.25, 0.3) is 0 Å². The summed E-state index contributed by atoms with van der Waals surface area (Å²) in [6.45, 7) is 2.04. The molecule has 0 radical (unpaired) electrons. The summed E-state index contributed by atoms with van der Waals surface area (Å²) in [5, 5.41) is 3.28. The van der Waals surface area contributed by atoms with Crippen molar-refractivity contribution in [3.05, 3.63) is 27.7 Å². The predicted molar refractivity (Wildman–Crippen MR) is 74.3 cm³/mol. The highest BCUT2D eigenvalue weighted by molar-refractivity contribution is 7.09. The summed E-state index contributed by atoms with van der Waals surface area (Å²) in [4.78, 5) is 4.50. The number of rotatable bonds is 3. The Bertz CT molecular complexity index is 381. The summed E-state index contributed by atoms with van der Waals surface area (Å²) in [5.41, 5.74) is 8.88. The van der Waals surface area contributed by atoms with Crippen LogP contribution in [0, 0.1) is 6.92 Å². The molecule has 0 aromatic carbocycles. The van der Waals surface area contributed by atoms with Crippen LogP contribution in [0.15, 0.2) is 17.0 Å². The number of hydrogen-bond donors (Lipinski definition) is 1. The second-order valence-electron chi connectivity index (χ2n) is 4.93. The highest BCUT2D eigenvalue weighted by Gasteiger charge is 2.13. The van der Waals surface area contributed by atoms with Gasteiger partial charge >= 0.3 is 0 Å². The van der Waals surface area contributed by atoms with Crippen molar-refractivity contribution in [3.63, 3.8) is 0 Å². The molecule has 0 fully saturated rings. The lowest BCUT2D eigenvalue weighted by Crippen LogP contribution is -2.25. The van der Waals surface area contributed by atoms with Gasteiger partial charge in [0.1, 0.15) is 0 Å². The first-order valence-corrected chi connectivity index (χ1v) is 7.49. The lowest BCUT2D eigenvalue weighted by molar-refractivity contribution is 0.594. The van der Waals surface area contributed by atoms with E-state index in [2.05, 4.69) is 16.4 Å². The maximum atomic E-state index is 6.31. The average Bonchev–Trinajstić information content (AvgIpc) is 2.63. The van der Waals surface area contributed by atoms with E-state index in [1.807, 2.05) is 6.92 Å². The third-order valence-corrected chi connectivity index (χ3v) is 4.35. The second-order valence-corrected chi connectivity index (χ2v) is 5.87. The molecule has 17 heavy (non-hydrogen) atoms. The lowest BCUT2D eigenvalue weighted by atomic mass is 9.94. The number of nitrogens with two attached hydrogens (primary N) is 1. The van der Waals surface area contributed by atoms with Gasteiger partial charge in [-0.3, -0.25) is 0 Å². The Morgan fingerprint density at radius 1 is 1.35 bits per heavy atom. The van der Waals surface area contributed by atoms with Crippen LogP contribution in [0.2, 0.25) is 0 Å². The Kier molecular flexibility index (Phi) is 4.75. The Balaban J connectivity index is 1.95. The van der Waals surface area contributed by atoms with Crippen LogP contribution < -0.4 is 5.73 Å². The molecule has 1 atom stereocenters. The van der Waals surface area contributed by atoms with E-state index in [1.165, 1.54) is 49.1 Å². The van der Waals surface area contributed by atoms with Crippen LogP contribution in [-0.4, -0.2) is 11.0 Å². The van der Waals surface area contributed by atoms with Crippen molar-refractivity contribution >= 4 is 11.3 Å². The molecule has 1 heterocycles. The first kappa shape index (κ1) is 12.8. The third-order valence-electron chi connectivity index (χ3n) is 3.36. The minimum absolute atomic E-state index is 0.179. The van der Waals surface area contributed by atoms with Gasteiger partial charge in [0.05, 0.1) is 5.01 Å². The molecule has 2 rings (SSSR count). The molecule has 1 aromatic rings. The number of aromatic nitrogens is 1. The maximum absolute atomic E-state index is 6.31. The molecule has 0 amide bonds. The smallest absolute Gasteiger partial charge is 0.0946 e. The van der Waals surface area contributed by atoms with E-state index in [0.717, 1.165) is 12.1 Å². The Hall–Kier alpha value is -0.670. The van der Waals surface area contributed by atoms with E-state index >= 15 is 0 Å². The zero-order chi connectivity index (χ0) is 12.1. The van der Waals surface area contributed by atoms with Crippen molar-refractivity contribution in [1.82, 2.24) is 4.98 Å². The molecular formula is C14H22N2S. The van der Waals surface area contributed by atoms with Crippen LogP contribution in [-0.2, 0) is 6.42 Å². The first-order chi connectivity index (χ1) is 8.25. The molecule has 0 bridgehead atoms. The fourth-order valence-electron chi connectivity index (χ4n) is 2.37. The largest absolute Gasteiger partial charge is 0.324 e. The highest BCUT2D eigenvalue weighted by Crippen LogP contribution is 2.21. The fraction of sp³-hybridized carbons (Fsp3) is 0.643. The third kappa shape index (κ3) is 3.93. The van der Waals surface area contributed by atoms with E-state index in [9.17, 15) is 0 Å². The molecular weight excluding hydrogens is 228 g/mol. The molecule has 0 saturated carbocycles. The van der Waals surface area contributed by atoms with Gasteiger partial charge in [-0.05, 0) is 32.6 Å². The minimum Gasteiger partial charge on any atom is -0.324 e.